The van der Waals surface area contributed by atoms with Crippen molar-refractivity contribution in [1.29, 1.82) is 0 Å². The van der Waals surface area contributed by atoms with Gasteiger partial charge in [-0.3, -0.25) is 9.10 Å². The fraction of sp³-hybridized carbons (Fsp3) is 0.154. The summed E-state index contributed by atoms with van der Waals surface area (Å²) in [5, 5.41) is -0.213. The number of pyridine rings is 1. The second kappa shape index (κ2) is 4.85. The Morgan fingerprint density at radius 1 is 1.29 bits per heavy atom. The van der Waals surface area contributed by atoms with E-state index in [4.69, 9.17) is 11.6 Å². The van der Waals surface area contributed by atoms with Gasteiger partial charge in [-0.15, -0.1) is 0 Å². The molecule has 2 aromatic rings. The molecule has 0 spiro atoms. The third kappa shape index (κ3) is 2.32. The molecule has 110 valence electrons. The second-order valence-electron chi connectivity index (χ2n) is 4.61. The van der Waals surface area contributed by atoms with Crippen molar-refractivity contribution in [2.24, 2.45) is 0 Å². The smallest absolute Gasteiger partial charge is 0.266 e. The van der Waals surface area contributed by atoms with Crippen LogP contribution in [0.15, 0.2) is 40.2 Å². The molecule has 1 aromatic carbocycles. The summed E-state index contributed by atoms with van der Waals surface area (Å²) in [7, 11) is -3.90. The first-order valence-electron chi connectivity index (χ1n) is 6.09. The van der Waals surface area contributed by atoms with Crippen LogP contribution in [0.1, 0.15) is 5.56 Å². The van der Waals surface area contributed by atoms with Gasteiger partial charge in [0.15, 0.2) is 0 Å². The number of nitrogens with zero attached hydrogens (tertiary/aromatic N) is 1. The number of halogens is 2. The van der Waals surface area contributed by atoms with Crippen LogP contribution in [-0.4, -0.2) is 19.9 Å². The lowest BCUT2D eigenvalue weighted by Gasteiger charge is -2.19. The largest absolute Gasteiger partial charge is 0.326 e. The van der Waals surface area contributed by atoms with E-state index in [-0.39, 0.29) is 16.5 Å². The topological polar surface area (TPSA) is 70.2 Å². The van der Waals surface area contributed by atoms with Gasteiger partial charge in [-0.05, 0) is 30.2 Å². The molecule has 0 bridgehead atoms. The summed E-state index contributed by atoms with van der Waals surface area (Å²) in [6.07, 6.45) is 1.59. The van der Waals surface area contributed by atoms with Gasteiger partial charge in [-0.2, -0.15) is 0 Å². The van der Waals surface area contributed by atoms with E-state index in [2.05, 4.69) is 4.98 Å². The Bertz CT molecular complexity index is 879. The molecule has 0 fully saturated rings. The summed E-state index contributed by atoms with van der Waals surface area (Å²) in [5.41, 5.74) is 0.510. The van der Waals surface area contributed by atoms with Crippen LogP contribution in [0.3, 0.4) is 0 Å². The zero-order chi connectivity index (χ0) is 15.2. The molecule has 1 N–H and O–H groups in total. The monoisotopic (exact) mass is 328 g/mol. The van der Waals surface area contributed by atoms with Gasteiger partial charge in [0.2, 0.25) is 0 Å². The normalized spacial score (nSPS) is 14.3. The molecule has 0 unspecified atom stereocenters. The van der Waals surface area contributed by atoms with Crippen molar-refractivity contribution in [2.75, 3.05) is 10.8 Å². The summed E-state index contributed by atoms with van der Waals surface area (Å²) in [4.78, 5) is 13.3. The van der Waals surface area contributed by atoms with Crippen molar-refractivity contribution in [3.05, 3.63) is 57.2 Å². The van der Waals surface area contributed by atoms with Crippen LogP contribution in [0, 0.1) is 5.82 Å². The highest BCUT2D eigenvalue weighted by Crippen LogP contribution is 2.33. The van der Waals surface area contributed by atoms with Crippen LogP contribution in [0.2, 0.25) is 5.02 Å². The van der Waals surface area contributed by atoms with E-state index >= 15 is 0 Å². The van der Waals surface area contributed by atoms with E-state index in [9.17, 15) is 17.6 Å². The number of aromatic amines is 1. The Balaban J connectivity index is 2.11. The highest BCUT2D eigenvalue weighted by molar-refractivity contribution is 7.92. The SMILES string of the molecule is O=c1[nH]cc(S(=O)(=O)N2CCc3ccc(F)cc32)cc1Cl. The van der Waals surface area contributed by atoms with E-state index in [0.717, 1.165) is 22.1 Å². The first-order chi connectivity index (χ1) is 9.89. The fourth-order valence-corrected chi connectivity index (χ4v) is 4.01. The van der Waals surface area contributed by atoms with E-state index in [1.807, 2.05) is 0 Å². The Kier molecular flexibility index (Phi) is 3.26. The van der Waals surface area contributed by atoms with Gasteiger partial charge >= 0.3 is 0 Å². The molecule has 0 atom stereocenters. The first kappa shape index (κ1) is 14.1. The maximum atomic E-state index is 13.4. The lowest BCUT2D eigenvalue weighted by Crippen LogP contribution is -2.29. The number of hydrogen-bond acceptors (Lipinski definition) is 3. The van der Waals surface area contributed by atoms with Gasteiger partial charge in [-0.1, -0.05) is 17.7 Å². The first-order valence-corrected chi connectivity index (χ1v) is 7.91. The van der Waals surface area contributed by atoms with Crippen LogP contribution >= 0.6 is 11.6 Å². The lowest BCUT2D eigenvalue weighted by atomic mass is 10.2. The van der Waals surface area contributed by atoms with Crippen molar-refractivity contribution >= 4 is 27.3 Å². The van der Waals surface area contributed by atoms with Gasteiger partial charge in [0.05, 0.1) is 5.69 Å². The minimum Gasteiger partial charge on any atom is -0.326 e. The quantitative estimate of drug-likeness (QED) is 0.915. The molecule has 0 amide bonds. The van der Waals surface area contributed by atoms with E-state index < -0.39 is 21.4 Å². The van der Waals surface area contributed by atoms with Crippen molar-refractivity contribution < 1.29 is 12.8 Å². The van der Waals surface area contributed by atoms with Gasteiger partial charge in [0.25, 0.3) is 15.6 Å². The molecule has 0 radical (unpaired) electrons. The van der Waals surface area contributed by atoms with Crippen molar-refractivity contribution in [2.45, 2.75) is 11.3 Å². The molecule has 0 saturated heterocycles. The third-order valence-corrected chi connectivity index (χ3v) is 5.39. The summed E-state index contributed by atoms with van der Waals surface area (Å²) >= 11 is 5.67. The Morgan fingerprint density at radius 3 is 2.76 bits per heavy atom. The van der Waals surface area contributed by atoms with Gasteiger partial charge < -0.3 is 4.98 Å². The minimum absolute atomic E-state index is 0.135. The maximum absolute atomic E-state index is 13.4. The summed E-state index contributed by atoms with van der Waals surface area (Å²) < 4.78 is 39.7. The predicted molar refractivity (Wildman–Crippen MR) is 76.7 cm³/mol. The standard InChI is InChI=1S/C13H10ClFN2O3S/c14-11-6-10(7-16-13(11)18)21(19,20)17-4-3-8-1-2-9(15)5-12(8)17/h1-2,5-7H,3-4H2,(H,16,18). The van der Waals surface area contributed by atoms with Crippen LogP contribution in [0.25, 0.3) is 0 Å². The average molecular weight is 329 g/mol. The predicted octanol–water partition coefficient (Wildman–Crippen LogP) is 1.92. The van der Waals surface area contributed by atoms with Crippen LogP contribution in [0.4, 0.5) is 10.1 Å². The molecular weight excluding hydrogens is 319 g/mol. The molecule has 5 nitrogen and oxygen atoms in total. The molecule has 1 aliphatic rings. The Hall–Kier alpha value is -1.86. The number of nitrogens with one attached hydrogen (secondary N) is 1. The number of fused-ring (bicyclic) bond motifs is 1. The maximum Gasteiger partial charge on any atom is 0.266 e. The number of benzene rings is 1. The second-order valence-corrected chi connectivity index (χ2v) is 6.88. The molecule has 3 rings (SSSR count). The number of hydrogen-bond donors (Lipinski definition) is 1. The average Bonchev–Trinajstić information content (AvgIpc) is 2.85. The van der Waals surface area contributed by atoms with E-state index in [1.54, 1.807) is 6.07 Å². The van der Waals surface area contributed by atoms with Crippen molar-refractivity contribution in [3.8, 4) is 0 Å². The number of anilines is 1. The van der Waals surface area contributed by atoms with Gasteiger partial charge in [-0.25, -0.2) is 12.8 Å². The summed E-state index contributed by atoms with van der Waals surface area (Å²) in [6, 6.07) is 5.14. The van der Waals surface area contributed by atoms with Crippen LogP contribution in [-0.2, 0) is 16.4 Å². The fourth-order valence-electron chi connectivity index (χ4n) is 2.29. The number of sulfonamides is 1. The Labute approximate surface area is 125 Å². The number of rotatable bonds is 2. The molecule has 21 heavy (non-hydrogen) atoms. The molecule has 8 heteroatoms. The number of aromatic nitrogens is 1. The molecular formula is C13H10ClFN2O3S. The molecule has 1 aliphatic heterocycles. The van der Waals surface area contributed by atoms with Crippen molar-refractivity contribution in [1.82, 2.24) is 4.98 Å². The Morgan fingerprint density at radius 2 is 2.05 bits per heavy atom. The molecule has 1 aromatic heterocycles. The third-order valence-electron chi connectivity index (χ3n) is 3.32. The zero-order valence-electron chi connectivity index (χ0n) is 10.6. The van der Waals surface area contributed by atoms with Gasteiger partial charge in [0, 0.05) is 12.7 Å². The van der Waals surface area contributed by atoms with Crippen LogP contribution in [0.5, 0.6) is 0 Å². The summed E-state index contributed by atoms with van der Waals surface area (Å²) in [5.74, 6) is -0.504. The van der Waals surface area contributed by atoms with Crippen molar-refractivity contribution in [3.63, 3.8) is 0 Å². The highest BCUT2D eigenvalue weighted by Gasteiger charge is 2.31. The summed E-state index contributed by atoms with van der Waals surface area (Å²) in [6.45, 7) is 0.220. The van der Waals surface area contributed by atoms with Crippen LogP contribution < -0.4 is 9.86 Å². The van der Waals surface area contributed by atoms with E-state index in [0.29, 0.717) is 12.1 Å². The van der Waals surface area contributed by atoms with E-state index in [1.165, 1.54) is 12.1 Å². The molecule has 2 heterocycles. The lowest BCUT2D eigenvalue weighted by molar-refractivity contribution is 0.591. The molecule has 0 aliphatic carbocycles. The number of H-pyrrole nitrogens is 1. The zero-order valence-corrected chi connectivity index (χ0v) is 12.2. The molecule has 0 saturated carbocycles. The minimum atomic E-state index is -3.90. The van der Waals surface area contributed by atoms with Gasteiger partial charge in [0.1, 0.15) is 15.7 Å². The highest BCUT2D eigenvalue weighted by atomic mass is 35.5.